The van der Waals surface area contributed by atoms with E-state index in [1.54, 1.807) is 11.3 Å². The minimum Gasteiger partial charge on any atom is -0.378 e. The van der Waals surface area contributed by atoms with Crippen LogP contribution >= 0.6 is 11.3 Å². The van der Waals surface area contributed by atoms with Gasteiger partial charge in [-0.3, -0.25) is 9.88 Å². The van der Waals surface area contributed by atoms with Crippen molar-refractivity contribution in [1.29, 1.82) is 0 Å². The van der Waals surface area contributed by atoms with Crippen molar-refractivity contribution < 1.29 is 4.74 Å². The summed E-state index contributed by atoms with van der Waals surface area (Å²) in [5.41, 5.74) is 2.46. The van der Waals surface area contributed by atoms with E-state index in [0.717, 1.165) is 44.4 Å². The Balaban J connectivity index is 1.57. The van der Waals surface area contributed by atoms with E-state index in [0.29, 0.717) is 6.04 Å². The van der Waals surface area contributed by atoms with Crippen molar-refractivity contribution in [2.75, 3.05) is 38.3 Å². The Kier molecular flexibility index (Phi) is 5.81. The summed E-state index contributed by atoms with van der Waals surface area (Å²) in [6, 6.07) is 4.57. The summed E-state index contributed by atoms with van der Waals surface area (Å²) in [6.45, 7) is 8.81. The maximum absolute atomic E-state index is 5.41. The number of anilines is 1. The fourth-order valence-corrected chi connectivity index (χ4v) is 3.87. The third-order valence-electron chi connectivity index (χ3n) is 4.59. The van der Waals surface area contributed by atoms with Gasteiger partial charge in [-0.25, -0.2) is 4.98 Å². The van der Waals surface area contributed by atoms with Gasteiger partial charge in [0.2, 0.25) is 0 Å². The van der Waals surface area contributed by atoms with Crippen LogP contribution in [0.5, 0.6) is 0 Å². The van der Waals surface area contributed by atoms with Crippen molar-refractivity contribution in [3.63, 3.8) is 0 Å². The Morgan fingerprint density at radius 1 is 1.33 bits per heavy atom. The van der Waals surface area contributed by atoms with E-state index in [4.69, 9.17) is 4.74 Å². The molecule has 0 spiro atoms. The number of hydrogen-bond donors (Lipinski definition) is 0. The first-order chi connectivity index (χ1) is 11.6. The molecule has 1 aliphatic rings. The highest BCUT2D eigenvalue weighted by atomic mass is 32.1. The summed E-state index contributed by atoms with van der Waals surface area (Å²) < 4.78 is 5.41. The third-order valence-corrected chi connectivity index (χ3v) is 5.63. The average molecular weight is 347 g/mol. The fourth-order valence-electron chi connectivity index (χ4n) is 2.84. The number of ether oxygens (including phenoxy) is 1. The molecule has 0 N–H and O–H groups in total. The lowest BCUT2D eigenvalue weighted by Crippen LogP contribution is -2.36. The Hall–Kier alpha value is -1.50. The van der Waals surface area contributed by atoms with Crippen molar-refractivity contribution in [1.82, 2.24) is 14.9 Å². The van der Waals surface area contributed by atoms with Gasteiger partial charge in [0.25, 0.3) is 0 Å². The highest BCUT2D eigenvalue weighted by Crippen LogP contribution is 2.24. The zero-order chi connectivity index (χ0) is 16.9. The highest BCUT2D eigenvalue weighted by molar-refractivity contribution is 7.15. The molecule has 1 aliphatic heterocycles. The Labute approximate surface area is 148 Å². The Morgan fingerprint density at radius 2 is 2.12 bits per heavy atom. The standard InChI is InChI=1S/C18H26N4OS/c1-14-5-4-6-19-17(14)11-15(2)21(3)13-16-12-20-18(24-16)22-7-9-23-10-8-22/h4-6,12,15H,7-11,13H2,1-3H3. The quantitative estimate of drug-likeness (QED) is 0.804. The van der Waals surface area contributed by atoms with Crippen molar-refractivity contribution in [2.45, 2.75) is 32.9 Å². The lowest BCUT2D eigenvalue weighted by molar-refractivity contribution is 0.122. The van der Waals surface area contributed by atoms with Crippen LogP contribution in [0, 0.1) is 6.92 Å². The number of morpholine rings is 1. The molecule has 3 heterocycles. The molecule has 0 aliphatic carbocycles. The summed E-state index contributed by atoms with van der Waals surface area (Å²) in [7, 11) is 2.18. The minimum atomic E-state index is 0.438. The van der Waals surface area contributed by atoms with E-state index in [9.17, 15) is 0 Å². The van der Waals surface area contributed by atoms with Crippen LogP contribution in [0.1, 0.15) is 23.1 Å². The van der Waals surface area contributed by atoms with E-state index in [1.807, 2.05) is 18.5 Å². The first kappa shape index (κ1) is 17.3. The number of nitrogens with zero attached hydrogens (tertiary/aromatic N) is 4. The highest BCUT2D eigenvalue weighted by Gasteiger charge is 2.17. The Bertz CT molecular complexity index is 654. The monoisotopic (exact) mass is 346 g/mol. The molecule has 1 atom stereocenters. The molecule has 2 aromatic heterocycles. The van der Waals surface area contributed by atoms with Gasteiger partial charge in [-0.1, -0.05) is 6.07 Å². The number of aromatic nitrogens is 2. The molecule has 3 rings (SSSR count). The molecule has 0 amide bonds. The molecule has 5 nitrogen and oxygen atoms in total. The van der Waals surface area contributed by atoms with Crippen LogP contribution in [0.4, 0.5) is 5.13 Å². The zero-order valence-corrected chi connectivity index (χ0v) is 15.6. The van der Waals surface area contributed by atoms with Crippen LogP contribution in [-0.2, 0) is 17.7 Å². The van der Waals surface area contributed by atoms with E-state index in [-0.39, 0.29) is 0 Å². The molecule has 1 unspecified atom stereocenters. The van der Waals surface area contributed by atoms with E-state index in [1.165, 1.54) is 16.1 Å². The molecule has 2 aromatic rings. The molecule has 1 fully saturated rings. The molecule has 0 bridgehead atoms. The third kappa shape index (κ3) is 4.32. The van der Waals surface area contributed by atoms with Gasteiger partial charge >= 0.3 is 0 Å². The zero-order valence-electron chi connectivity index (χ0n) is 14.7. The average Bonchev–Trinajstić information content (AvgIpc) is 3.06. The van der Waals surface area contributed by atoms with Gasteiger partial charge in [0.05, 0.1) is 13.2 Å². The number of thiazole rings is 1. The first-order valence-corrected chi connectivity index (χ1v) is 9.33. The van der Waals surface area contributed by atoms with Gasteiger partial charge in [0.15, 0.2) is 5.13 Å². The summed E-state index contributed by atoms with van der Waals surface area (Å²) in [5, 5.41) is 1.12. The van der Waals surface area contributed by atoms with Gasteiger partial charge in [-0.05, 0) is 32.5 Å². The van der Waals surface area contributed by atoms with Crippen molar-refractivity contribution in [3.05, 3.63) is 40.7 Å². The molecular formula is C18H26N4OS. The molecule has 0 saturated carbocycles. The number of pyridine rings is 1. The van der Waals surface area contributed by atoms with Crippen LogP contribution in [0.15, 0.2) is 24.5 Å². The summed E-state index contributed by atoms with van der Waals surface area (Å²) in [5.74, 6) is 0. The predicted molar refractivity (Wildman–Crippen MR) is 98.8 cm³/mol. The summed E-state index contributed by atoms with van der Waals surface area (Å²) in [6.07, 6.45) is 4.87. The maximum atomic E-state index is 5.41. The SMILES string of the molecule is Cc1cccnc1CC(C)N(C)Cc1cnc(N2CCOCC2)s1. The van der Waals surface area contributed by atoms with Crippen molar-refractivity contribution in [3.8, 4) is 0 Å². The van der Waals surface area contributed by atoms with Gasteiger partial charge in [0.1, 0.15) is 0 Å². The van der Waals surface area contributed by atoms with Gasteiger partial charge < -0.3 is 9.64 Å². The van der Waals surface area contributed by atoms with Crippen LogP contribution in [0.2, 0.25) is 0 Å². The number of likely N-dealkylation sites (N-methyl/N-ethyl adjacent to an activating group) is 1. The number of rotatable bonds is 6. The molecule has 6 heteroatoms. The van der Waals surface area contributed by atoms with E-state index in [2.05, 4.69) is 46.7 Å². The molecule has 0 radical (unpaired) electrons. The number of aryl methyl sites for hydroxylation is 1. The van der Waals surface area contributed by atoms with Crippen LogP contribution < -0.4 is 4.90 Å². The second kappa shape index (κ2) is 8.05. The summed E-state index contributed by atoms with van der Waals surface area (Å²) in [4.78, 5) is 15.1. The topological polar surface area (TPSA) is 41.5 Å². The minimum absolute atomic E-state index is 0.438. The summed E-state index contributed by atoms with van der Waals surface area (Å²) >= 11 is 1.80. The Morgan fingerprint density at radius 3 is 2.88 bits per heavy atom. The second-order valence-corrected chi connectivity index (χ2v) is 7.54. The van der Waals surface area contributed by atoms with Crippen LogP contribution in [-0.4, -0.2) is 54.3 Å². The molecule has 0 aromatic carbocycles. The lowest BCUT2D eigenvalue weighted by atomic mass is 10.1. The molecule has 1 saturated heterocycles. The predicted octanol–water partition coefficient (Wildman–Crippen LogP) is 2.75. The van der Waals surface area contributed by atoms with E-state index < -0.39 is 0 Å². The largest absolute Gasteiger partial charge is 0.378 e. The smallest absolute Gasteiger partial charge is 0.185 e. The molecule has 24 heavy (non-hydrogen) atoms. The number of hydrogen-bond acceptors (Lipinski definition) is 6. The second-order valence-electron chi connectivity index (χ2n) is 6.44. The lowest BCUT2D eigenvalue weighted by Gasteiger charge is -2.26. The van der Waals surface area contributed by atoms with Crippen molar-refractivity contribution >= 4 is 16.5 Å². The van der Waals surface area contributed by atoms with Gasteiger partial charge in [-0.2, -0.15) is 0 Å². The molecular weight excluding hydrogens is 320 g/mol. The maximum Gasteiger partial charge on any atom is 0.185 e. The van der Waals surface area contributed by atoms with E-state index >= 15 is 0 Å². The van der Waals surface area contributed by atoms with Gasteiger partial charge in [0, 0.05) is 55.1 Å². The van der Waals surface area contributed by atoms with Crippen LogP contribution in [0.3, 0.4) is 0 Å². The van der Waals surface area contributed by atoms with Crippen molar-refractivity contribution in [2.24, 2.45) is 0 Å². The van der Waals surface area contributed by atoms with Crippen LogP contribution in [0.25, 0.3) is 0 Å². The van der Waals surface area contributed by atoms with Gasteiger partial charge in [-0.15, -0.1) is 11.3 Å². The normalized spacial score (nSPS) is 16.6. The fraction of sp³-hybridized carbons (Fsp3) is 0.556. The molecule has 130 valence electrons. The first-order valence-electron chi connectivity index (χ1n) is 8.51.